The van der Waals surface area contributed by atoms with E-state index < -0.39 is 0 Å². The monoisotopic (exact) mass is 242 g/mol. The Bertz CT molecular complexity index is 462. The third-order valence-electron chi connectivity index (χ3n) is 2.09. The van der Waals surface area contributed by atoms with Crippen LogP contribution in [0.5, 0.6) is 0 Å². The molecule has 1 aromatic carbocycles. The predicted octanol–water partition coefficient (Wildman–Crippen LogP) is 3.40. The zero-order chi connectivity index (χ0) is 10.1. The minimum atomic E-state index is 0.0921. The first-order valence-corrected chi connectivity index (χ1v) is 6.63. The molecule has 0 radical (unpaired) electrons. The van der Waals surface area contributed by atoms with E-state index in [1.807, 2.05) is 18.4 Å². The lowest BCUT2D eigenvalue weighted by molar-refractivity contribution is 0.283. The quantitative estimate of drug-likeness (QED) is 0.622. The van der Waals surface area contributed by atoms with Crippen molar-refractivity contribution in [3.05, 3.63) is 23.8 Å². The number of aliphatic hydroxyl groups is 1. The summed E-state index contributed by atoms with van der Waals surface area (Å²) in [7, 11) is 0. The molecule has 4 heteroatoms. The first-order chi connectivity index (χ1) is 6.74. The van der Waals surface area contributed by atoms with E-state index in [-0.39, 0.29) is 6.61 Å². The van der Waals surface area contributed by atoms with Crippen LogP contribution in [0.2, 0.25) is 0 Å². The van der Waals surface area contributed by atoms with E-state index in [9.17, 15) is 5.11 Å². The summed E-state index contributed by atoms with van der Waals surface area (Å²) in [5, 5.41) is 10.4. The van der Waals surface area contributed by atoms with Gasteiger partial charge in [-0.05, 0) is 35.4 Å². The second-order valence-electron chi connectivity index (χ2n) is 2.94. The van der Waals surface area contributed by atoms with E-state index in [0.717, 1.165) is 15.2 Å². The molecule has 0 aliphatic carbocycles. The van der Waals surface area contributed by atoms with E-state index in [0.29, 0.717) is 0 Å². The van der Waals surface area contributed by atoms with Gasteiger partial charge < -0.3 is 5.11 Å². The van der Waals surface area contributed by atoms with Crippen LogP contribution in [0.25, 0.3) is 10.1 Å². The van der Waals surface area contributed by atoms with Gasteiger partial charge in [-0.1, -0.05) is 0 Å². The molecule has 14 heavy (non-hydrogen) atoms. The second-order valence-corrected chi connectivity index (χ2v) is 5.69. The van der Waals surface area contributed by atoms with Crippen molar-refractivity contribution >= 4 is 45.8 Å². The molecule has 0 aliphatic rings. The molecule has 0 saturated heterocycles. The van der Waals surface area contributed by atoms with E-state index >= 15 is 0 Å². The summed E-state index contributed by atoms with van der Waals surface area (Å²) in [6.45, 7) is 0.0921. The lowest BCUT2D eigenvalue weighted by Gasteiger charge is -2.02. The van der Waals surface area contributed by atoms with Gasteiger partial charge in [-0.3, -0.25) is 0 Å². The van der Waals surface area contributed by atoms with Crippen molar-refractivity contribution in [2.75, 3.05) is 6.26 Å². The molecular formula is C10H10OS3. The first kappa shape index (κ1) is 10.4. The predicted molar refractivity (Wildman–Crippen MR) is 66.8 cm³/mol. The van der Waals surface area contributed by atoms with Gasteiger partial charge in [0.2, 0.25) is 0 Å². The normalized spacial score (nSPS) is 11.1. The van der Waals surface area contributed by atoms with E-state index in [4.69, 9.17) is 0 Å². The van der Waals surface area contributed by atoms with Crippen molar-refractivity contribution in [2.24, 2.45) is 0 Å². The second kappa shape index (κ2) is 4.14. The van der Waals surface area contributed by atoms with E-state index in [1.54, 1.807) is 23.1 Å². The Kier molecular flexibility index (Phi) is 3.07. The van der Waals surface area contributed by atoms with Gasteiger partial charge >= 0.3 is 0 Å². The standard InChI is InChI=1S/C10H10OS3/c1-13-7-2-6(5-11)8-4-10(12)14-9(8)3-7/h2-4,11-12H,5H2,1H3. The Morgan fingerprint density at radius 1 is 1.43 bits per heavy atom. The maximum absolute atomic E-state index is 9.24. The maximum atomic E-state index is 9.24. The van der Waals surface area contributed by atoms with E-state index in [2.05, 4.69) is 18.7 Å². The fraction of sp³-hybridized carbons (Fsp3) is 0.200. The Balaban J connectivity index is 2.72. The summed E-state index contributed by atoms with van der Waals surface area (Å²) in [5.41, 5.74) is 0.989. The molecule has 0 amide bonds. The Morgan fingerprint density at radius 2 is 2.21 bits per heavy atom. The number of benzene rings is 1. The molecule has 1 heterocycles. The van der Waals surface area contributed by atoms with Crippen LogP contribution in [0, 0.1) is 0 Å². The van der Waals surface area contributed by atoms with Crippen LogP contribution in [0.15, 0.2) is 27.3 Å². The number of hydrogen-bond acceptors (Lipinski definition) is 4. The number of rotatable bonds is 2. The third kappa shape index (κ3) is 1.80. The molecule has 0 aliphatic heterocycles. The average molecular weight is 242 g/mol. The number of fused-ring (bicyclic) bond motifs is 1. The number of thiol groups is 1. The van der Waals surface area contributed by atoms with Crippen LogP contribution in [0.4, 0.5) is 0 Å². The van der Waals surface area contributed by atoms with Gasteiger partial charge in [-0.2, -0.15) is 0 Å². The molecule has 1 nitrogen and oxygen atoms in total. The molecule has 2 aromatic rings. The van der Waals surface area contributed by atoms with E-state index in [1.165, 1.54) is 9.60 Å². The fourth-order valence-electron chi connectivity index (χ4n) is 1.42. The minimum absolute atomic E-state index is 0.0921. The lowest BCUT2D eigenvalue weighted by atomic mass is 10.1. The van der Waals surface area contributed by atoms with Crippen molar-refractivity contribution < 1.29 is 5.11 Å². The molecule has 2 rings (SSSR count). The Labute approximate surface area is 96.6 Å². The summed E-state index contributed by atoms with van der Waals surface area (Å²) >= 11 is 7.67. The molecule has 0 atom stereocenters. The molecule has 1 aromatic heterocycles. The highest BCUT2D eigenvalue weighted by Gasteiger charge is 2.06. The van der Waals surface area contributed by atoms with Crippen LogP contribution in [0.1, 0.15) is 5.56 Å². The topological polar surface area (TPSA) is 20.2 Å². The minimum Gasteiger partial charge on any atom is -0.392 e. The van der Waals surface area contributed by atoms with Gasteiger partial charge in [0.25, 0.3) is 0 Å². The van der Waals surface area contributed by atoms with Crippen molar-refractivity contribution in [1.29, 1.82) is 0 Å². The van der Waals surface area contributed by atoms with Crippen LogP contribution >= 0.6 is 35.7 Å². The summed E-state index contributed by atoms with van der Waals surface area (Å²) in [6, 6.07) is 6.19. The zero-order valence-electron chi connectivity index (χ0n) is 7.65. The summed E-state index contributed by atoms with van der Waals surface area (Å²) in [5.74, 6) is 0. The number of hydrogen-bond donors (Lipinski definition) is 2. The van der Waals surface area contributed by atoms with Gasteiger partial charge in [-0.25, -0.2) is 0 Å². The van der Waals surface area contributed by atoms with Gasteiger partial charge in [-0.15, -0.1) is 35.7 Å². The highest BCUT2D eigenvalue weighted by atomic mass is 32.2. The number of thiophene rings is 1. The van der Waals surface area contributed by atoms with Crippen LogP contribution < -0.4 is 0 Å². The zero-order valence-corrected chi connectivity index (χ0v) is 10.2. The molecule has 0 fully saturated rings. The first-order valence-electron chi connectivity index (χ1n) is 4.15. The van der Waals surface area contributed by atoms with Crippen molar-refractivity contribution in [2.45, 2.75) is 15.7 Å². The lowest BCUT2D eigenvalue weighted by Crippen LogP contribution is -1.84. The maximum Gasteiger partial charge on any atom is 0.0688 e. The summed E-state index contributed by atoms with van der Waals surface area (Å²) < 4.78 is 2.19. The van der Waals surface area contributed by atoms with Gasteiger partial charge in [0.15, 0.2) is 0 Å². The third-order valence-corrected chi connectivity index (χ3v) is 4.08. The average Bonchev–Trinajstić information content (AvgIpc) is 2.56. The Morgan fingerprint density at radius 3 is 2.86 bits per heavy atom. The van der Waals surface area contributed by atoms with Crippen molar-refractivity contribution in [1.82, 2.24) is 0 Å². The Hall–Kier alpha value is -0.160. The molecule has 1 N–H and O–H groups in total. The number of thioether (sulfide) groups is 1. The van der Waals surface area contributed by atoms with Crippen molar-refractivity contribution in [3.8, 4) is 0 Å². The number of aliphatic hydroxyl groups excluding tert-OH is 1. The van der Waals surface area contributed by atoms with Gasteiger partial charge in [0, 0.05) is 9.60 Å². The fourth-order valence-corrected chi connectivity index (χ4v) is 3.30. The van der Waals surface area contributed by atoms with Crippen molar-refractivity contribution in [3.63, 3.8) is 0 Å². The molecule has 0 unspecified atom stereocenters. The summed E-state index contributed by atoms with van der Waals surface area (Å²) in [4.78, 5) is 1.19. The highest BCUT2D eigenvalue weighted by molar-refractivity contribution is 7.98. The van der Waals surface area contributed by atoms with Crippen LogP contribution in [0.3, 0.4) is 0 Å². The molecule has 0 saturated carbocycles. The molecule has 0 spiro atoms. The summed E-state index contributed by atoms with van der Waals surface area (Å²) in [6.07, 6.45) is 2.04. The molecule has 0 bridgehead atoms. The highest BCUT2D eigenvalue weighted by Crippen LogP contribution is 2.33. The van der Waals surface area contributed by atoms with Crippen LogP contribution in [-0.4, -0.2) is 11.4 Å². The smallest absolute Gasteiger partial charge is 0.0688 e. The largest absolute Gasteiger partial charge is 0.392 e. The van der Waals surface area contributed by atoms with Crippen LogP contribution in [-0.2, 0) is 6.61 Å². The van der Waals surface area contributed by atoms with Gasteiger partial charge in [0.05, 0.1) is 10.8 Å². The SMILES string of the molecule is CSc1cc(CO)c2cc(S)sc2c1. The van der Waals surface area contributed by atoms with Gasteiger partial charge in [0.1, 0.15) is 0 Å². The molecule has 74 valence electrons. The molecular weight excluding hydrogens is 232 g/mol.